The fraction of sp³-hybridized carbons (Fsp3) is 0.417. The molecule has 1 aromatic carbocycles. The Kier molecular flexibility index (Phi) is 4.17. The zero-order valence-corrected chi connectivity index (χ0v) is 10.1. The number of carbonyl (C=O) groups is 1. The zero-order valence-electron chi connectivity index (χ0n) is 10.1. The van der Waals surface area contributed by atoms with Gasteiger partial charge in [-0.3, -0.25) is 4.79 Å². The van der Waals surface area contributed by atoms with E-state index in [1.807, 2.05) is 6.92 Å². The molecule has 4 heteroatoms. The second-order valence-electron chi connectivity index (χ2n) is 3.50. The van der Waals surface area contributed by atoms with Gasteiger partial charge in [-0.2, -0.15) is 0 Å². The first-order valence-electron chi connectivity index (χ1n) is 5.12. The van der Waals surface area contributed by atoms with Gasteiger partial charge in [0.05, 0.1) is 13.7 Å². The second-order valence-corrected chi connectivity index (χ2v) is 3.50. The maximum Gasteiger partial charge on any atom is 0.253 e. The van der Waals surface area contributed by atoms with Crippen molar-refractivity contribution < 1.29 is 14.3 Å². The highest BCUT2D eigenvalue weighted by molar-refractivity contribution is 5.94. The molecule has 0 aliphatic heterocycles. The van der Waals surface area contributed by atoms with Crippen molar-refractivity contribution >= 4 is 5.91 Å². The van der Waals surface area contributed by atoms with Crippen molar-refractivity contribution in [3.05, 3.63) is 23.8 Å². The van der Waals surface area contributed by atoms with Gasteiger partial charge in [0.15, 0.2) is 11.5 Å². The molecule has 0 saturated carbocycles. The van der Waals surface area contributed by atoms with Crippen molar-refractivity contribution in [2.75, 3.05) is 27.8 Å². The molecule has 0 saturated heterocycles. The molecule has 0 aliphatic rings. The van der Waals surface area contributed by atoms with Crippen LogP contribution in [0.2, 0.25) is 0 Å². The summed E-state index contributed by atoms with van der Waals surface area (Å²) in [5, 5.41) is 0. The highest BCUT2D eigenvalue weighted by Crippen LogP contribution is 2.28. The summed E-state index contributed by atoms with van der Waals surface area (Å²) >= 11 is 0. The molecule has 4 nitrogen and oxygen atoms in total. The van der Waals surface area contributed by atoms with Crippen LogP contribution < -0.4 is 9.47 Å². The molecule has 0 heterocycles. The van der Waals surface area contributed by atoms with Gasteiger partial charge in [0.1, 0.15) is 0 Å². The maximum absolute atomic E-state index is 11.7. The summed E-state index contributed by atoms with van der Waals surface area (Å²) < 4.78 is 10.5. The minimum absolute atomic E-state index is 0.0522. The molecule has 0 fully saturated rings. The van der Waals surface area contributed by atoms with Crippen LogP contribution in [0.25, 0.3) is 0 Å². The fourth-order valence-corrected chi connectivity index (χ4v) is 1.34. The van der Waals surface area contributed by atoms with E-state index in [1.54, 1.807) is 39.4 Å². The van der Waals surface area contributed by atoms with E-state index in [2.05, 4.69) is 0 Å². The van der Waals surface area contributed by atoms with Crippen molar-refractivity contribution in [2.24, 2.45) is 0 Å². The summed E-state index contributed by atoms with van der Waals surface area (Å²) in [5.41, 5.74) is 0.592. The molecule has 0 unspecified atom stereocenters. The van der Waals surface area contributed by atoms with Gasteiger partial charge in [0.25, 0.3) is 5.91 Å². The summed E-state index contributed by atoms with van der Waals surface area (Å²) in [5.74, 6) is 1.18. The Morgan fingerprint density at radius 2 is 2.00 bits per heavy atom. The molecule has 0 aliphatic carbocycles. The standard InChI is InChI=1S/C12H17NO3/c1-5-16-11-8-9(12(14)13(2)3)6-7-10(11)15-4/h6-8H,5H2,1-4H3. The minimum atomic E-state index is -0.0522. The highest BCUT2D eigenvalue weighted by atomic mass is 16.5. The molecule has 0 radical (unpaired) electrons. The topological polar surface area (TPSA) is 38.8 Å². The van der Waals surface area contributed by atoms with Crippen LogP contribution in [0.4, 0.5) is 0 Å². The fourth-order valence-electron chi connectivity index (χ4n) is 1.34. The van der Waals surface area contributed by atoms with E-state index in [4.69, 9.17) is 9.47 Å². The van der Waals surface area contributed by atoms with E-state index in [0.29, 0.717) is 23.7 Å². The van der Waals surface area contributed by atoms with E-state index < -0.39 is 0 Å². The van der Waals surface area contributed by atoms with Crippen molar-refractivity contribution in [1.29, 1.82) is 0 Å². The van der Waals surface area contributed by atoms with Gasteiger partial charge in [0.2, 0.25) is 0 Å². The van der Waals surface area contributed by atoms with Crippen molar-refractivity contribution in [3.63, 3.8) is 0 Å². The number of amides is 1. The van der Waals surface area contributed by atoms with Gasteiger partial charge in [-0.1, -0.05) is 0 Å². The Labute approximate surface area is 95.8 Å². The smallest absolute Gasteiger partial charge is 0.253 e. The van der Waals surface area contributed by atoms with Crippen LogP contribution in [-0.4, -0.2) is 38.6 Å². The van der Waals surface area contributed by atoms with Gasteiger partial charge in [-0.25, -0.2) is 0 Å². The van der Waals surface area contributed by atoms with Crippen molar-refractivity contribution in [3.8, 4) is 11.5 Å². The molecule has 0 aromatic heterocycles. The Balaban J connectivity index is 3.06. The molecule has 88 valence electrons. The zero-order chi connectivity index (χ0) is 12.1. The largest absolute Gasteiger partial charge is 0.493 e. The predicted octanol–water partition coefficient (Wildman–Crippen LogP) is 1.80. The SMILES string of the molecule is CCOc1cc(C(=O)N(C)C)ccc1OC. The lowest BCUT2D eigenvalue weighted by Gasteiger charge is -2.13. The molecule has 0 atom stereocenters. The monoisotopic (exact) mass is 223 g/mol. The van der Waals surface area contributed by atoms with Crippen molar-refractivity contribution in [1.82, 2.24) is 4.90 Å². The number of carbonyl (C=O) groups excluding carboxylic acids is 1. The van der Waals surface area contributed by atoms with Gasteiger partial charge in [-0.05, 0) is 25.1 Å². The normalized spacial score (nSPS) is 9.75. The first-order chi connectivity index (χ1) is 7.60. The minimum Gasteiger partial charge on any atom is -0.493 e. The van der Waals surface area contributed by atoms with E-state index in [0.717, 1.165) is 0 Å². The van der Waals surface area contributed by atoms with Crippen LogP contribution in [0.3, 0.4) is 0 Å². The Morgan fingerprint density at radius 1 is 1.31 bits per heavy atom. The summed E-state index contributed by atoms with van der Waals surface area (Å²) in [6, 6.07) is 5.16. The first kappa shape index (κ1) is 12.4. The number of hydrogen-bond acceptors (Lipinski definition) is 3. The quantitative estimate of drug-likeness (QED) is 0.781. The molecule has 0 bridgehead atoms. The van der Waals surface area contributed by atoms with Crippen molar-refractivity contribution in [2.45, 2.75) is 6.92 Å². The molecule has 1 aromatic rings. The Hall–Kier alpha value is -1.71. The average Bonchev–Trinajstić information content (AvgIpc) is 2.28. The van der Waals surface area contributed by atoms with Crippen LogP contribution in [0, 0.1) is 0 Å². The molecule has 0 N–H and O–H groups in total. The van der Waals surface area contributed by atoms with Gasteiger partial charge < -0.3 is 14.4 Å². The first-order valence-corrected chi connectivity index (χ1v) is 5.12. The molecule has 1 rings (SSSR count). The van der Waals surface area contributed by atoms with Gasteiger partial charge in [-0.15, -0.1) is 0 Å². The van der Waals surface area contributed by atoms with Crippen LogP contribution in [0.1, 0.15) is 17.3 Å². The second kappa shape index (κ2) is 5.39. The lowest BCUT2D eigenvalue weighted by atomic mass is 10.2. The summed E-state index contributed by atoms with van der Waals surface area (Å²) in [6.07, 6.45) is 0. The summed E-state index contributed by atoms with van der Waals surface area (Å²) in [4.78, 5) is 13.3. The van der Waals surface area contributed by atoms with E-state index >= 15 is 0 Å². The predicted molar refractivity (Wildman–Crippen MR) is 62.2 cm³/mol. The number of benzene rings is 1. The third-order valence-corrected chi connectivity index (χ3v) is 2.12. The molecule has 1 amide bonds. The number of ether oxygens (including phenoxy) is 2. The highest BCUT2D eigenvalue weighted by Gasteiger charge is 2.12. The number of hydrogen-bond donors (Lipinski definition) is 0. The molecular formula is C12H17NO3. The summed E-state index contributed by atoms with van der Waals surface area (Å²) in [6.45, 7) is 2.43. The summed E-state index contributed by atoms with van der Waals surface area (Å²) in [7, 11) is 5.01. The van der Waals surface area contributed by atoms with Crippen LogP contribution in [0.5, 0.6) is 11.5 Å². The van der Waals surface area contributed by atoms with Crippen LogP contribution in [-0.2, 0) is 0 Å². The number of nitrogens with zero attached hydrogens (tertiary/aromatic N) is 1. The molecule has 0 spiro atoms. The van der Waals surface area contributed by atoms with E-state index in [1.165, 1.54) is 4.90 Å². The Morgan fingerprint density at radius 3 is 2.50 bits per heavy atom. The van der Waals surface area contributed by atoms with Crippen LogP contribution >= 0.6 is 0 Å². The van der Waals surface area contributed by atoms with Crippen LogP contribution in [0.15, 0.2) is 18.2 Å². The lowest BCUT2D eigenvalue weighted by molar-refractivity contribution is 0.0827. The molecule has 16 heavy (non-hydrogen) atoms. The van der Waals surface area contributed by atoms with E-state index in [-0.39, 0.29) is 5.91 Å². The lowest BCUT2D eigenvalue weighted by Crippen LogP contribution is -2.21. The molecular weight excluding hydrogens is 206 g/mol. The number of methoxy groups -OCH3 is 1. The van der Waals surface area contributed by atoms with E-state index in [9.17, 15) is 4.79 Å². The Bertz CT molecular complexity index is 375. The third-order valence-electron chi connectivity index (χ3n) is 2.12. The van der Waals surface area contributed by atoms with Gasteiger partial charge in [0, 0.05) is 19.7 Å². The van der Waals surface area contributed by atoms with Gasteiger partial charge >= 0.3 is 0 Å². The average molecular weight is 223 g/mol. The maximum atomic E-state index is 11.7. The third kappa shape index (κ3) is 2.66. The number of rotatable bonds is 4.